The van der Waals surface area contributed by atoms with Crippen LogP contribution >= 0.6 is 27.5 Å². The van der Waals surface area contributed by atoms with Gasteiger partial charge in [-0.1, -0.05) is 47.4 Å². The van der Waals surface area contributed by atoms with Gasteiger partial charge >= 0.3 is 0 Å². The van der Waals surface area contributed by atoms with E-state index in [0.29, 0.717) is 0 Å². The number of hydrogen-bond donors (Lipinski definition) is 0. The summed E-state index contributed by atoms with van der Waals surface area (Å²) >= 11 is 9.23. The number of halogens is 3. The fourth-order valence-corrected chi connectivity index (χ4v) is 2.93. The van der Waals surface area contributed by atoms with Crippen LogP contribution in [0.5, 0.6) is 0 Å². The Morgan fingerprint density at radius 2 is 1.94 bits per heavy atom. The summed E-state index contributed by atoms with van der Waals surface area (Å²) in [6.07, 6.45) is 3.05. The number of rotatable bonds is 5. The lowest BCUT2D eigenvalue weighted by Crippen LogP contribution is -2.23. The highest BCUT2D eigenvalue weighted by Gasteiger charge is 2.25. The molecule has 0 amide bonds. The summed E-state index contributed by atoms with van der Waals surface area (Å²) in [6.45, 7) is 4.36. The maximum Gasteiger partial charge on any atom is 0.142 e. The van der Waals surface area contributed by atoms with Gasteiger partial charge in [-0.3, -0.25) is 0 Å². The summed E-state index contributed by atoms with van der Waals surface area (Å²) in [4.78, 5) is 0. The van der Waals surface area contributed by atoms with Gasteiger partial charge in [0.2, 0.25) is 0 Å². The molecule has 1 rings (SSSR count). The minimum absolute atomic E-state index is 0.196. The fourth-order valence-electron chi connectivity index (χ4n) is 1.82. The summed E-state index contributed by atoms with van der Waals surface area (Å²) in [7, 11) is 0. The van der Waals surface area contributed by atoms with E-state index in [1.807, 2.05) is 6.07 Å². The highest BCUT2D eigenvalue weighted by Crippen LogP contribution is 2.33. The van der Waals surface area contributed by atoms with Gasteiger partial charge in [0.25, 0.3) is 0 Å². The SMILES string of the molecule is CCC(CC)(CBr)Cc1ccc(Cl)c(F)c1. The van der Waals surface area contributed by atoms with Crippen molar-refractivity contribution in [3.63, 3.8) is 0 Å². The summed E-state index contributed by atoms with van der Waals surface area (Å²) in [5, 5.41) is 1.14. The molecule has 0 aromatic heterocycles. The molecule has 0 heterocycles. The Hall–Kier alpha value is -0.0800. The third kappa shape index (κ3) is 3.21. The average Bonchev–Trinajstić information content (AvgIpc) is 2.31. The third-order valence-corrected chi connectivity index (χ3v) is 4.84. The molecule has 0 N–H and O–H groups in total. The van der Waals surface area contributed by atoms with Crippen molar-refractivity contribution in [1.82, 2.24) is 0 Å². The topological polar surface area (TPSA) is 0 Å². The second-order valence-electron chi connectivity index (χ2n) is 4.27. The van der Waals surface area contributed by atoms with Crippen molar-refractivity contribution in [2.24, 2.45) is 5.41 Å². The lowest BCUT2D eigenvalue weighted by molar-refractivity contribution is 0.306. The summed E-state index contributed by atoms with van der Waals surface area (Å²) in [6, 6.07) is 5.09. The minimum atomic E-state index is -0.324. The van der Waals surface area contributed by atoms with Crippen molar-refractivity contribution in [3.8, 4) is 0 Å². The Morgan fingerprint density at radius 3 is 2.38 bits per heavy atom. The fraction of sp³-hybridized carbons (Fsp3) is 0.538. The van der Waals surface area contributed by atoms with Crippen LogP contribution in [0.15, 0.2) is 18.2 Å². The Balaban J connectivity index is 2.89. The monoisotopic (exact) mass is 306 g/mol. The van der Waals surface area contributed by atoms with Crippen molar-refractivity contribution in [1.29, 1.82) is 0 Å². The minimum Gasteiger partial charge on any atom is -0.205 e. The van der Waals surface area contributed by atoms with Gasteiger partial charge in [0, 0.05) is 5.33 Å². The van der Waals surface area contributed by atoms with Crippen LogP contribution in [0, 0.1) is 11.2 Å². The Bertz CT molecular complexity index is 340. The molecule has 3 heteroatoms. The van der Waals surface area contributed by atoms with Gasteiger partial charge in [-0.25, -0.2) is 4.39 Å². The Kier molecular flexibility index (Phi) is 5.26. The highest BCUT2D eigenvalue weighted by molar-refractivity contribution is 9.09. The van der Waals surface area contributed by atoms with Crippen molar-refractivity contribution < 1.29 is 4.39 Å². The van der Waals surface area contributed by atoms with Gasteiger partial charge in [-0.2, -0.15) is 0 Å². The first-order valence-corrected chi connectivity index (χ1v) is 7.06. The van der Waals surface area contributed by atoms with E-state index in [2.05, 4.69) is 29.8 Å². The molecule has 0 saturated carbocycles. The van der Waals surface area contributed by atoms with Crippen LogP contribution in [0.2, 0.25) is 5.02 Å². The lowest BCUT2D eigenvalue weighted by Gasteiger charge is -2.29. The first kappa shape index (κ1) is 14.0. The van der Waals surface area contributed by atoms with E-state index in [1.54, 1.807) is 12.1 Å². The van der Waals surface area contributed by atoms with Gasteiger partial charge in [0.15, 0.2) is 0 Å². The maximum atomic E-state index is 13.3. The number of hydrogen-bond acceptors (Lipinski definition) is 0. The molecule has 0 aliphatic carbocycles. The van der Waals surface area contributed by atoms with E-state index in [0.717, 1.165) is 30.2 Å². The van der Waals surface area contributed by atoms with Crippen molar-refractivity contribution in [3.05, 3.63) is 34.6 Å². The molecule has 90 valence electrons. The number of alkyl halides is 1. The van der Waals surface area contributed by atoms with Crippen LogP contribution in [0.4, 0.5) is 4.39 Å². The van der Waals surface area contributed by atoms with E-state index >= 15 is 0 Å². The summed E-state index contributed by atoms with van der Waals surface area (Å²) in [5.41, 5.74) is 1.24. The van der Waals surface area contributed by atoms with E-state index in [1.165, 1.54) is 0 Å². The first-order valence-electron chi connectivity index (χ1n) is 5.57. The third-order valence-electron chi connectivity index (χ3n) is 3.35. The molecule has 0 atom stereocenters. The molecule has 0 spiro atoms. The van der Waals surface area contributed by atoms with Gasteiger partial charge in [0.1, 0.15) is 5.82 Å². The predicted molar refractivity (Wildman–Crippen MR) is 71.9 cm³/mol. The summed E-state index contributed by atoms with van der Waals surface area (Å²) in [5.74, 6) is -0.324. The van der Waals surface area contributed by atoms with Crippen molar-refractivity contribution >= 4 is 27.5 Å². The molecule has 0 aliphatic rings. The zero-order valence-electron chi connectivity index (χ0n) is 9.69. The van der Waals surface area contributed by atoms with Crippen LogP contribution < -0.4 is 0 Å². The molecular formula is C13H17BrClF. The van der Waals surface area contributed by atoms with Crippen LogP contribution in [0.25, 0.3) is 0 Å². The van der Waals surface area contributed by atoms with Crippen molar-refractivity contribution in [2.75, 3.05) is 5.33 Å². The highest BCUT2D eigenvalue weighted by atomic mass is 79.9. The van der Waals surface area contributed by atoms with Gasteiger partial charge in [-0.15, -0.1) is 0 Å². The molecule has 0 aliphatic heterocycles. The van der Waals surface area contributed by atoms with Gasteiger partial charge < -0.3 is 0 Å². The quantitative estimate of drug-likeness (QED) is 0.654. The lowest BCUT2D eigenvalue weighted by atomic mass is 9.79. The van der Waals surface area contributed by atoms with Crippen molar-refractivity contribution in [2.45, 2.75) is 33.1 Å². The molecular weight excluding hydrogens is 290 g/mol. The molecule has 1 aromatic rings. The van der Waals surface area contributed by atoms with Crippen LogP contribution in [0.3, 0.4) is 0 Å². The van der Waals surface area contributed by atoms with Gasteiger partial charge in [0.05, 0.1) is 5.02 Å². The standard InChI is InChI=1S/C13H17BrClF/c1-3-13(4-2,9-14)8-10-5-6-11(15)12(16)7-10/h5-7H,3-4,8-9H2,1-2H3. The van der Waals surface area contributed by atoms with E-state index in [9.17, 15) is 4.39 Å². The van der Waals surface area contributed by atoms with E-state index < -0.39 is 0 Å². The summed E-state index contributed by atoms with van der Waals surface area (Å²) < 4.78 is 13.3. The second kappa shape index (κ2) is 6.02. The molecule has 0 saturated heterocycles. The molecule has 0 fully saturated rings. The zero-order valence-corrected chi connectivity index (χ0v) is 12.0. The molecule has 0 unspecified atom stereocenters. The Labute approximate surface area is 110 Å². The van der Waals surface area contributed by atoms with Crippen LogP contribution in [-0.2, 0) is 6.42 Å². The van der Waals surface area contributed by atoms with Crippen LogP contribution in [-0.4, -0.2) is 5.33 Å². The molecule has 16 heavy (non-hydrogen) atoms. The number of benzene rings is 1. The molecule has 0 bridgehead atoms. The predicted octanol–water partition coefficient (Wildman–Crippen LogP) is 5.22. The normalized spacial score (nSPS) is 11.8. The van der Waals surface area contributed by atoms with E-state index in [4.69, 9.17) is 11.6 Å². The largest absolute Gasteiger partial charge is 0.205 e. The molecule has 1 aromatic carbocycles. The Morgan fingerprint density at radius 1 is 1.31 bits per heavy atom. The second-order valence-corrected chi connectivity index (χ2v) is 5.23. The first-order chi connectivity index (χ1) is 7.56. The molecule has 0 radical (unpaired) electrons. The zero-order chi connectivity index (χ0) is 12.2. The van der Waals surface area contributed by atoms with Gasteiger partial charge in [-0.05, 0) is 42.4 Å². The smallest absolute Gasteiger partial charge is 0.142 e. The van der Waals surface area contributed by atoms with E-state index in [-0.39, 0.29) is 16.3 Å². The van der Waals surface area contributed by atoms with Crippen LogP contribution in [0.1, 0.15) is 32.3 Å². The molecule has 0 nitrogen and oxygen atoms in total. The average molecular weight is 308 g/mol. The maximum absolute atomic E-state index is 13.3.